The van der Waals surface area contributed by atoms with Crippen molar-refractivity contribution in [1.82, 2.24) is 5.32 Å². The number of amides is 1. The highest BCUT2D eigenvalue weighted by Gasteiger charge is 2.60. The summed E-state index contributed by atoms with van der Waals surface area (Å²) in [5.74, 6) is 3.39. The Labute approximate surface area is 262 Å². The molecule has 6 aliphatic rings. The molecule has 7 atom stereocenters. The molecular weight excluding hydrogens is 548 g/mol. The van der Waals surface area contributed by atoms with Crippen molar-refractivity contribution in [3.05, 3.63) is 39.2 Å². The number of benzene rings is 1. The van der Waals surface area contributed by atoms with E-state index in [2.05, 4.69) is 30.1 Å². The standard InChI is InChI=1S/C38H52N2O4/c1-37-16-4-3-8-26(37)10-11-27-30-12-13-32(38(30,2)17-14-31(27)37)43-23-33(41)39-18-15-24-22-34(42)44-36-28-9-6-20-40-19-5-7-25(35(28)40)21-29(24)36/h21-22,26-27,30-32H,3-20,23H2,1-2H3,(H,39,41)/t26?,27?,30?,31?,32-,37-,38-/m0/s1. The average molecular weight is 601 g/mol. The van der Waals surface area contributed by atoms with E-state index in [0.717, 1.165) is 79.0 Å². The van der Waals surface area contributed by atoms with Crippen molar-refractivity contribution in [3.8, 4) is 0 Å². The van der Waals surface area contributed by atoms with Gasteiger partial charge >= 0.3 is 5.63 Å². The van der Waals surface area contributed by atoms with Crippen LogP contribution in [0.2, 0.25) is 0 Å². The van der Waals surface area contributed by atoms with Crippen molar-refractivity contribution in [2.75, 3.05) is 31.1 Å². The van der Waals surface area contributed by atoms with E-state index in [1.54, 1.807) is 6.07 Å². The number of ether oxygens (including phenoxy) is 1. The fraction of sp³-hybridized carbons (Fsp3) is 0.737. The monoisotopic (exact) mass is 600 g/mol. The van der Waals surface area contributed by atoms with Crippen LogP contribution in [-0.2, 0) is 28.8 Å². The van der Waals surface area contributed by atoms with E-state index in [0.29, 0.717) is 18.4 Å². The smallest absolute Gasteiger partial charge is 0.336 e. The van der Waals surface area contributed by atoms with Crippen LogP contribution in [-0.4, -0.2) is 38.3 Å². The highest BCUT2D eigenvalue weighted by Crippen LogP contribution is 2.66. The summed E-state index contributed by atoms with van der Waals surface area (Å²) in [5.41, 5.74) is 6.10. The first-order chi connectivity index (χ1) is 21.3. The van der Waals surface area contributed by atoms with Gasteiger partial charge in [0, 0.05) is 42.3 Å². The minimum atomic E-state index is -0.295. The van der Waals surface area contributed by atoms with Crippen LogP contribution in [0.4, 0.5) is 5.69 Å². The first-order valence-corrected chi connectivity index (χ1v) is 18.1. The molecule has 4 fully saturated rings. The maximum absolute atomic E-state index is 13.0. The molecule has 8 rings (SSSR count). The zero-order valence-corrected chi connectivity index (χ0v) is 27.1. The number of fused-ring (bicyclic) bond motifs is 7. The van der Waals surface area contributed by atoms with E-state index in [1.807, 2.05) is 0 Å². The molecule has 44 heavy (non-hydrogen) atoms. The number of hydrogen-bond donors (Lipinski definition) is 1. The minimum absolute atomic E-state index is 0.0450. The quantitative estimate of drug-likeness (QED) is 0.363. The summed E-state index contributed by atoms with van der Waals surface area (Å²) in [6.45, 7) is 7.93. The maximum atomic E-state index is 13.0. The Balaban J connectivity index is 0.899. The van der Waals surface area contributed by atoms with Crippen molar-refractivity contribution in [1.29, 1.82) is 0 Å². The summed E-state index contributed by atoms with van der Waals surface area (Å²) >= 11 is 0. The SMILES string of the molecule is C[C@]12CCCCC1CCC1C2CC[C@@]2(C)C1CC[C@@H]2OCC(=O)NCCc1cc(=O)oc2c3c4c(cc12)CCCN4CCC3. The average Bonchev–Trinajstić information content (AvgIpc) is 3.36. The molecular formula is C38H52N2O4. The van der Waals surface area contributed by atoms with E-state index in [9.17, 15) is 9.59 Å². The third-order valence-electron chi connectivity index (χ3n) is 13.9. The number of nitrogens with one attached hydrogen (secondary N) is 1. The van der Waals surface area contributed by atoms with Crippen LogP contribution in [0, 0.1) is 34.5 Å². The Morgan fingerprint density at radius 2 is 1.80 bits per heavy atom. The minimum Gasteiger partial charge on any atom is -0.422 e. The van der Waals surface area contributed by atoms with E-state index in [4.69, 9.17) is 9.15 Å². The van der Waals surface area contributed by atoms with Gasteiger partial charge in [0.25, 0.3) is 0 Å². The Hall–Kier alpha value is -2.34. The molecule has 0 bridgehead atoms. The van der Waals surface area contributed by atoms with Gasteiger partial charge in [-0.3, -0.25) is 4.79 Å². The van der Waals surface area contributed by atoms with Crippen LogP contribution in [0.3, 0.4) is 0 Å². The van der Waals surface area contributed by atoms with Gasteiger partial charge in [0.1, 0.15) is 12.2 Å². The zero-order valence-electron chi connectivity index (χ0n) is 27.1. The van der Waals surface area contributed by atoms with Gasteiger partial charge < -0.3 is 19.4 Å². The van der Waals surface area contributed by atoms with Crippen molar-refractivity contribution in [2.45, 2.75) is 116 Å². The molecule has 6 nitrogen and oxygen atoms in total. The molecule has 6 heteroatoms. The summed E-state index contributed by atoms with van der Waals surface area (Å²) in [4.78, 5) is 28.1. The number of rotatable bonds is 6. The summed E-state index contributed by atoms with van der Waals surface area (Å²) in [6, 6.07) is 3.88. The largest absolute Gasteiger partial charge is 0.422 e. The molecule has 4 saturated carbocycles. The molecule has 0 saturated heterocycles. The number of hydrogen-bond acceptors (Lipinski definition) is 5. The molecule has 4 unspecified atom stereocenters. The lowest BCUT2D eigenvalue weighted by molar-refractivity contribution is -0.142. The normalized spacial score (nSPS) is 35.9. The lowest BCUT2D eigenvalue weighted by Crippen LogP contribution is -2.53. The first-order valence-electron chi connectivity index (χ1n) is 18.1. The molecule has 1 aromatic heterocycles. The molecule has 238 valence electrons. The molecule has 0 radical (unpaired) electrons. The van der Waals surface area contributed by atoms with Crippen LogP contribution >= 0.6 is 0 Å². The van der Waals surface area contributed by atoms with E-state index >= 15 is 0 Å². The summed E-state index contributed by atoms with van der Waals surface area (Å²) in [5, 5.41) is 4.16. The third kappa shape index (κ3) is 4.67. The topological polar surface area (TPSA) is 71.8 Å². The molecule has 0 spiro atoms. The maximum Gasteiger partial charge on any atom is 0.336 e. The van der Waals surface area contributed by atoms with Crippen molar-refractivity contribution < 1.29 is 13.9 Å². The number of aryl methyl sites for hydroxylation is 2. The predicted octanol–water partition coefficient (Wildman–Crippen LogP) is 6.97. The number of nitrogens with zero attached hydrogens (tertiary/aromatic N) is 1. The Bertz CT molecular complexity index is 1500. The van der Waals surface area contributed by atoms with E-state index < -0.39 is 0 Å². The van der Waals surface area contributed by atoms with E-state index in [1.165, 1.54) is 81.0 Å². The van der Waals surface area contributed by atoms with Gasteiger partial charge in [-0.15, -0.1) is 0 Å². The van der Waals surface area contributed by atoms with Crippen LogP contribution < -0.4 is 15.8 Å². The second-order valence-electron chi connectivity index (χ2n) is 15.9. The molecule has 2 aliphatic heterocycles. The zero-order chi connectivity index (χ0) is 30.1. The lowest BCUT2D eigenvalue weighted by atomic mass is 9.45. The summed E-state index contributed by atoms with van der Waals surface area (Å²) < 4.78 is 12.3. The Kier molecular flexibility index (Phi) is 7.39. The Morgan fingerprint density at radius 1 is 0.955 bits per heavy atom. The van der Waals surface area contributed by atoms with Crippen molar-refractivity contribution in [3.63, 3.8) is 0 Å². The molecule has 4 aliphatic carbocycles. The van der Waals surface area contributed by atoms with Gasteiger partial charge in [-0.1, -0.05) is 26.7 Å². The first kappa shape index (κ1) is 29.1. The summed E-state index contributed by atoms with van der Waals surface area (Å²) in [6.07, 6.45) is 18.6. The molecule has 3 heterocycles. The molecule has 1 amide bonds. The lowest BCUT2D eigenvalue weighted by Gasteiger charge is -2.60. The Morgan fingerprint density at radius 3 is 2.68 bits per heavy atom. The van der Waals surface area contributed by atoms with Gasteiger partial charge in [0.2, 0.25) is 5.91 Å². The van der Waals surface area contributed by atoms with Crippen molar-refractivity contribution in [2.24, 2.45) is 34.5 Å². The van der Waals surface area contributed by atoms with Crippen LogP contribution in [0.5, 0.6) is 0 Å². The second-order valence-corrected chi connectivity index (χ2v) is 15.9. The fourth-order valence-electron chi connectivity index (χ4n) is 11.8. The number of anilines is 1. The van der Waals surface area contributed by atoms with Crippen molar-refractivity contribution >= 4 is 22.6 Å². The second kappa shape index (κ2) is 11.2. The van der Waals surface area contributed by atoms with Crippen LogP contribution in [0.25, 0.3) is 11.0 Å². The van der Waals surface area contributed by atoms with Gasteiger partial charge in [-0.05, 0) is 135 Å². The highest BCUT2D eigenvalue weighted by atomic mass is 16.5. The number of carbonyl (C=O) groups excluding carboxylic acids is 1. The third-order valence-corrected chi connectivity index (χ3v) is 13.9. The molecule has 1 aromatic carbocycles. The van der Waals surface area contributed by atoms with Gasteiger partial charge in [0.15, 0.2) is 0 Å². The van der Waals surface area contributed by atoms with Crippen LogP contribution in [0.1, 0.15) is 108 Å². The van der Waals surface area contributed by atoms with Gasteiger partial charge in [-0.25, -0.2) is 4.79 Å². The van der Waals surface area contributed by atoms with E-state index in [-0.39, 0.29) is 29.7 Å². The predicted molar refractivity (Wildman–Crippen MR) is 174 cm³/mol. The molecule has 1 N–H and O–H groups in total. The summed E-state index contributed by atoms with van der Waals surface area (Å²) in [7, 11) is 0. The van der Waals surface area contributed by atoms with Gasteiger partial charge in [-0.2, -0.15) is 0 Å². The van der Waals surface area contributed by atoms with Crippen LogP contribution in [0.15, 0.2) is 21.3 Å². The highest BCUT2D eigenvalue weighted by molar-refractivity contribution is 5.90. The number of carbonyl (C=O) groups is 1. The van der Waals surface area contributed by atoms with Gasteiger partial charge in [0.05, 0.1) is 6.10 Å². The fourth-order valence-corrected chi connectivity index (χ4v) is 11.8. The molecule has 2 aromatic rings.